The second-order valence-electron chi connectivity index (χ2n) is 6.32. The minimum Gasteiger partial charge on any atom is -0.338 e. The van der Waals surface area contributed by atoms with Crippen LogP contribution in [0.3, 0.4) is 0 Å². The second kappa shape index (κ2) is 5.74. The largest absolute Gasteiger partial charge is 0.338 e. The molecule has 1 N–H and O–H groups in total. The highest BCUT2D eigenvalue weighted by atomic mass is 15.3. The molecule has 0 radical (unpaired) electrons. The summed E-state index contributed by atoms with van der Waals surface area (Å²) in [6.07, 6.45) is 3.85. The molecule has 0 amide bonds. The lowest BCUT2D eigenvalue weighted by Gasteiger charge is -2.11. The van der Waals surface area contributed by atoms with Gasteiger partial charge >= 0.3 is 0 Å². The summed E-state index contributed by atoms with van der Waals surface area (Å²) >= 11 is 0. The van der Waals surface area contributed by atoms with Gasteiger partial charge in [-0.3, -0.25) is 4.40 Å². The van der Waals surface area contributed by atoms with Crippen molar-refractivity contribution in [3.63, 3.8) is 0 Å². The monoisotopic (exact) mass is 339 g/mol. The fourth-order valence-electron chi connectivity index (χ4n) is 3.28. The molecule has 3 aromatic heterocycles. The lowest BCUT2D eigenvalue weighted by molar-refractivity contribution is 0.889. The molecule has 0 atom stereocenters. The van der Waals surface area contributed by atoms with Crippen molar-refractivity contribution < 1.29 is 0 Å². The van der Waals surface area contributed by atoms with Crippen LogP contribution in [0.5, 0.6) is 0 Å². The molecule has 0 fully saturated rings. The molecule has 0 spiro atoms. The van der Waals surface area contributed by atoms with Crippen LogP contribution in [0.25, 0.3) is 22.4 Å². The van der Waals surface area contributed by atoms with Gasteiger partial charge in [0.25, 0.3) is 0 Å². The quantitative estimate of drug-likeness (QED) is 0.517. The molecule has 0 unspecified atom stereocenters. The van der Waals surface area contributed by atoms with E-state index in [1.807, 2.05) is 65.6 Å². The number of nitrogens with one attached hydrogen (secondary N) is 1. The average Bonchev–Trinajstić information content (AvgIpc) is 3.29. The third kappa shape index (κ3) is 2.33. The van der Waals surface area contributed by atoms with Crippen molar-refractivity contribution in [2.75, 3.05) is 5.32 Å². The lowest BCUT2D eigenvalue weighted by atomic mass is 10.2. The van der Waals surface area contributed by atoms with Crippen LogP contribution in [-0.2, 0) is 0 Å². The maximum Gasteiger partial charge on any atom is 0.167 e. The summed E-state index contributed by atoms with van der Waals surface area (Å²) in [7, 11) is 0. The Morgan fingerprint density at radius 1 is 0.923 bits per heavy atom. The molecule has 0 saturated heterocycles. The first-order valence-electron chi connectivity index (χ1n) is 8.53. The fraction of sp³-hybridized carbons (Fsp3) is 0.0476. The predicted molar refractivity (Wildman–Crippen MR) is 104 cm³/mol. The van der Waals surface area contributed by atoms with Gasteiger partial charge in [-0.25, -0.2) is 9.67 Å². The molecule has 0 aliphatic heterocycles. The predicted octanol–water partition coefficient (Wildman–Crippen LogP) is 4.73. The molecule has 5 rings (SSSR count). The van der Waals surface area contributed by atoms with Crippen LogP contribution in [-0.4, -0.2) is 19.2 Å². The molecular weight excluding hydrogens is 322 g/mol. The first-order chi connectivity index (χ1) is 12.8. The Morgan fingerprint density at radius 3 is 2.65 bits per heavy atom. The smallest absolute Gasteiger partial charge is 0.167 e. The highest BCUT2D eigenvalue weighted by molar-refractivity contribution is 5.85. The van der Waals surface area contributed by atoms with E-state index in [2.05, 4.69) is 39.9 Å². The zero-order chi connectivity index (χ0) is 17.5. The first-order valence-corrected chi connectivity index (χ1v) is 8.53. The van der Waals surface area contributed by atoms with Crippen molar-refractivity contribution in [1.29, 1.82) is 0 Å². The van der Waals surface area contributed by atoms with E-state index in [0.717, 1.165) is 33.9 Å². The summed E-state index contributed by atoms with van der Waals surface area (Å²) in [6, 6.07) is 22.5. The second-order valence-corrected chi connectivity index (χ2v) is 6.32. The maximum atomic E-state index is 4.83. The number of aromatic nitrogens is 4. The van der Waals surface area contributed by atoms with E-state index in [1.165, 1.54) is 5.56 Å². The Kier molecular flexibility index (Phi) is 3.25. The Balaban J connectivity index is 1.71. The van der Waals surface area contributed by atoms with Crippen molar-refractivity contribution in [3.05, 3.63) is 84.7 Å². The van der Waals surface area contributed by atoms with E-state index in [0.29, 0.717) is 0 Å². The fourth-order valence-corrected chi connectivity index (χ4v) is 3.28. The number of para-hydroxylation sites is 1. The molecule has 26 heavy (non-hydrogen) atoms. The Morgan fingerprint density at radius 2 is 1.81 bits per heavy atom. The van der Waals surface area contributed by atoms with Crippen LogP contribution in [0.2, 0.25) is 0 Å². The summed E-state index contributed by atoms with van der Waals surface area (Å²) in [5, 5.41) is 8.01. The van der Waals surface area contributed by atoms with E-state index in [1.54, 1.807) is 0 Å². The molecule has 5 nitrogen and oxygen atoms in total. The van der Waals surface area contributed by atoms with Gasteiger partial charge in [0.05, 0.1) is 17.4 Å². The number of fused-ring (bicyclic) bond motifs is 3. The summed E-state index contributed by atoms with van der Waals surface area (Å²) in [6.45, 7) is 2.08. The number of anilines is 2. The normalized spacial score (nSPS) is 11.3. The van der Waals surface area contributed by atoms with Gasteiger partial charge in [0.2, 0.25) is 0 Å². The van der Waals surface area contributed by atoms with Crippen LogP contribution in [0, 0.1) is 6.92 Å². The standard InChI is InChI=1S/C21H17N5/c1-15-7-5-8-16(13-15)23-20-19-11-6-12-25(19)21-18(24-20)14-22-26(21)17-9-3-2-4-10-17/h2-14H,1H3,(H,23,24). The SMILES string of the molecule is Cc1cccc(Nc2nc3cnn(-c4ccccc4)c3n3cccc23)c1. The van der Waals surface area contributed by atoms with Crippen LogP contribution in [0.15, 0.2) is 79.1 Å². The van der Waals surface area contributed by atoms with E-state index >= 15 is 0 Å². The molecule has 0 saturated carbocycles. The van der Waals surface area contributed by atoms with E-state index in [-0.39, 0.29) is 0 Å². The number of benzene rings is 2. The Hall–Kier alpha value is -3.60. The topological polar surface area (TPSA) is 47.2 Å². The molecule has 0 aliphatic carbocycles. The number of aryl methyl sites for hydroxylation is 1. The highest BCUT2D eigenvalue weighted by Crippen LogP contribution is 2.26. The minimum absolute atomic E-state index is 0.820. The molecule has 2 aromatic carbocycles. The number of hydrogen-bond acceptors (Lipinski definition) is 3. The van der Waals surface area contributed by atoms with Gasteiger partial charge in [0.15, 0.2) is 11.5 Å². The van der Waals surface area contributed by atoms with E-state index < -0.39 is 0 Å². The van der Waals surface area contributed by atoms with Gasteiger partial charge in [-0.2, -0.15) is 5.10 Å². The summed E-state index contributed by atoms with van der Waals surface area (Å²) in [5.41, 5.74) is 6.05. The molecule has 5 aromatic rings. The third-order valence-electron chi connectivity index (χ3n) is 4.46. The summed E-state index contributed by atoms with van der Waals surface area (Å²) < 4.78 is 4.05. The van der Waals surface area contributed by atoms with Gasteiger partial charge in [-0.05, 0) is 48.9 Å². The average molecular weight is 339 g/mol. The Labute approximate surface area is 150 Å². The van der Waals surface area contributed by atoms with Crippen molar-refractivity contribution in [2.45, 2.75) is 6.92 Å². The zero-order valence-electron chi connectivity index (χ0n) is 14.3. The van der Waals surface area contributed by atoms with Gasteiger partial charge in [0.1, 0.15) is 5.52 Å². The molecular formula is C21H17N5. The van der Waals surface area contributed by atoms with Crippen LogP contribution in [0.1, 0.15) is 5.56 Å². The van der Waals surface area contributed by atoms with Crippen molar-refractivity contribution in [3.8, 4) is 5.69 Å². The van der Waals surface area contributed by atoms with Crippen molar-refractivity contribution in [2.24, 2.45) is 0 Å². The number of hydrogen-bond donors (Lipinski definition) is 1. The maximum absolute atomic E-state index is 4.83. The third-order valence-corrected chi connectivity index (χ3v) is 4.46. The number of rotatable bonds is 3. The van der Waals surface area contributed by atoms with Crippen molar-refractivity contribution >= 4 is 28.2 Å². The molecule has 0 aliphatic rings. The minimum atomic E-state index is 0.820. The van der Waals surface area contributed by atoms with Crippen molar-refractivity contribution in [1.82, 2.24) is 19.2 Å². The first kappa shape index (κ1) is 14.7. The van der Waals surface area contributed by atoms with Crippen LogP contribution in [0.4, 0.5) is 11.5 Å². The zero-order valence-corrected chi connectivity index (χ0v) is 14.3. The molecule has 126 valence electrons. The van der Waals surface area contributed by atoms with E-state index in [9.17, 15) is 0 Å². The van der Waals surface area contributed by atoms with Gasteiger partial charge in [-0.1, -0.05) is 30.3 Å². The molecule has 3 heterocycles. The molecule has 5 heteroatoms. The van der Waals surface area contributed by atoms with E-state index in [4.69, 9.17) is 4.98 Å². The summed E-state index contributed by atoms with van der Waals surface area (Å²) in [4.78, 5) is 4.83. The van der Waals surface area contributed by atoms with Gasteiger partial charge < -0.3 is 5.32 Å². The van der Waals surface area contributed by atoms with Gasteiger partial charge in [0, 0.05) is 11.9 Å². The highest BCUT2D eigenvalue weighted by Gasteiger charge is 2.14. The van der Waals surface area contributed by atoms with Gasteiger partial charge in [-0.15, -0.1) is 0 Å². The lowest BCUT2D eigenvalue weighted by Crippen LogP contribution is -2.03. The summed E-state index contributed by atoms with van der Waals surface area (Å²) in [5.74, 6) is 0.820. The van der Waals surface area contributed by atoms with Crippen LogP contribution < -0.4 is 5.32 Å². The number of nitrogens with zero attached hydrogens (tertiary/aromatic N) is 4. The molecule has 0 bridgehead atoms. The van der Waals surface area contributed by atoms with Crippen LogP contribution >= 0.6 is 0 Å². The Bertz CT molecular complexity index is 1220.